The van der Waals surface area contributed by atoms with Crippen molar-refractivity contribution < 1.29 is 14.7 Å². The maximum atomic E-state index is 12.2. The summed E-state index contributed by atoms with van der Waals surface area (Å²) in [6.45, 7) is 6.13. The molecule has 1 amide bonds. The van der Waals surface area contributed by atoms with E-state index in [-0.39, 0.29) is 17.7 Å². The van der Waals surface area contributed by atoms with Crippen LogP contribution in [0.5, 0.6) is 0 Å². The van der Waals surface area contributed by atoms with Gasteiger partial charge >= 0.3 is 5.97 Å². The molecule has 0 bridgehead atoms. The number of nitrogens with one attached hydrogen (secondary N) is 1. The number of hydrogen-bond donors (Lipinski definition) is 2. The Bertz CT molecular complexity index is 701. The molecule has 0 aliphatic heterocycles. The molecule has 0 atom stereocenters. The van der Waals surface area contributed by atoms with E-state index in [2.05, 4.69) is 10.3 Å². The highest BCUT2D eigenvalue weighted by Crippen LogP contribution is 2.25. The van der Waals surface area contributed by atoms with Crippen molar-refractivity contribution in [2.75, 3.05) is 5.32 Å². The predicted molar refractivity (Wildman–Crippen MR) is 86.5 cm³/mol. The molecule has 0 saturated carbocycles. The zero-order valence-electron chi connectivity index (χ0n) is 12.7. The van der Waals surface area contributed by atoms with Gasteiger partial charge in [-0.2, -0.15) is 0 Å². The van der Waals surface area contributed by atoms with Gasteiger partial charge < -0.3 is 10.4 Å². The maximum absolute atomic E-state index is 12.2. The van der Waals surface area contributed by atoms with Crippen LogP contribution in [0.2, 0.25) is 0 Å². The largest absolute Gasteiger partial charge is 0.481 e. The van der Waals surface area contributed by atoms with Crippen LogP contribution in [0.25, 0.3) is 0 Å². The van der Waals surface area contributed by atoms with Crippen molar-refractivity contribution in [1.29, 1.82) is 0 Å². The Balaban J connectivity index is 2.12. The number of rotatable bonds is 4. The van der Waals surface area contributed by atoms with Gasteiger partial charge in [0.1, 0.15) is 5.69 Å². The summed E-state index contributed by atoms with van der Waals surface area (Å²) in [5.74, 6) is -1.20. The van der Waals surface area contributed by atoms with Crippen molar-refractivity contribution in [3.05, 3.63) is 45.9 Å². The van der Waals surface area contributed by atoms with Gasteiger partial charge in [-0.15, -0.1) is 11.3 Å². The Hall–Kier alpha value is -2.21. The van der Waals surface area contributed by atoms with E-state index >= 15 is 0 Å². The summed E-state index contributed by atoms with van der Waals surface area (Å²) in [4.78, 5) is 27.3. The molecule has 0 fully saturated rings. The molecule has 116 valence electrons. The summed E-state index contributed by atoms with van der Waals surface area (Å²) < 4.78 is 0. The van der Waals surface area contributed by atoms with E-state index in [0.29, 0.717) is 16.9 Å². The Labute approximate surface area is 133 Å². The normalized spacial score (nSPS) is 11.2. The number of carboxylic acids is 1. The van der Waals surface area contributed by atoms with E-state index in [1.807, 2.05) is 20.8 Å². The molecule has 0 saturated heterocycles. The maximum Gasteiger partial charge on any atom is 0.307 e. The molecule has 2 rings (SSSR count). The van der Waals surface area contributed by atoms with E-state index in [9.17, 15) is 9.59 Å². The predicted octanol–water partition coefficient (Wildman–Crippen LogP) is 3.32. The third-order valence-corrected chi connectivity index (χ3v) is 4.19. The van der Waals surface area contributed by atoms with Crippen LogP contribution in [0.15, 0.2) is 29.6 Å². The Morgan fingerprint density at radius 3 is 2.64 bits per heavy atom. The van der Waals surface area contributed by atoms with E-state index in [1.54, 1.807) is 29.6 Å². The Morgan fingerprint density at radius 1 is 1.32 bits per heavy atom. The quantitative estimate of drug-likeness (QED) is 0.906. The molecule has 0 spiro atoms. The fourth-order valence-corrected chi connectivity index (χ4v) is 2.74. The molecule has 1 aromatic carbocycles. The van der Waals surface area contributed by atoms with Gasteiger partial charge in [0.15, 0.2) is 0 Å². The van der Waals surface area contributed by atoms with E-state index < -0.39 is 5.97 Å². The third-order valence-electron chi connectivity index (χ3n) is 2.92. The number of anilines is 1. The fourth-order valence-electron chi connectivity index (χ4n) is 1.85. The number of carbonyl (C=O) groups is 2. The van der Waals surface area contributed by atoms with Gasteiger partial charge in [-0.05, 0) is 17.7 Å². The van der Waals surface area contributed by atoms with Crippen molar-refractivity contribution in [1.82, 2.24) is 4.98 Å². The first-order valence-electron chi connectivity index (χ1n) is 6.84. The number of thiazole rings is 1. The van der Waals surface area contributed by atoms with Crippen molar-refractivity contribution in [2.45, 2.75) is 32.6 Å². The number of carboxylic acid groups (broad SMARTS) is 1. The molecule has 1 aromatic heterocycles. The van der Waals surface area contributed by atoms with Crippen molar-refractivity contribution in [3.8, 4) is 0 Å². The number of amides is 1. The van der Waals surface area contributed by atoms with Gasteiger partial charge in [-0.1, -0.05) is 32.9 Å². The van der Waals surface area contributed by atoms with Crippen LogP contribution in [-0.2, 0) is 16.6 Å². The first-order valence-corrected chi connectivity index (χ1v) is 7.72. The minimum atomic E-state index is -0.905. The molecule has 0 aliphatic rings. The van der Waals surface area contributed by atoms with Crippen LogP contribution in [0.1, 0.15) is 41.8 Å². The topological polar surface area (TPSA) is 79.3 Å². The average molecular weight is 318 g/mol. The lowest BCUT2D eigenvalue weighted by molar-refractivity contribution is -0.136. The highest BCUT2D eigenvalue weighted by Gasteiger charge is 2.20. The molecule has 1 heterocycles. The van der Waals surface area contributed by atoms with Crippen LogP contribution in [-0.4, -0.2) is 22.0 Å². The summed E-state index contributed by atoms with van der Waals surface area (Å²) in [7, 11) is 0. The first kappa shape index (κ1) is 16.2. The fraction of sp³-hybridized carbons (Fsp3) is 0.312. The average Bonchev–Trinajstić information content (AvgIpc) is 2.87. The summed E-state index contributed by atoms with van der Waals surface area (Å²) in [5, 5.41) is 14.2. The van der Waals surface area contributed by atoms with Gasteiger partial charge in [0.25, 0.3) is 5.91 Å². The zero-order chi connectivity index (χ0) is 16.3. The molecular weight excluding hydrogens is 300 g/mol. The number of aliphatic carboxylic acids is 1. The van der Waals surface area contributed by atoms with Crippen LogP contribution in [0.4, 0.5) is 5.69 Å². The van der Waals surface area contributed by atoms with Gasteiger partial charge in [-0.25, -0.2) is 4.98 Å². The minimum Gasteiger partial charge on any atom is -0.481 e. The number of carbonyl (C=O) groups excluding carboxylic acids is 1. The van der Waals surface area contributed by atoms with Gasteiger partial charge in [0.05, 0.1) is 11.4 Å². The lowest BCUT2D eigenvalue weighted by Gasteiger charge is -2.13. The molecule has 0 radical (unpaired) electrons. The number of benzene rings is 1. The number of aromatic nitrogens is 1. The van der Waals surface area contributed by atoms with Crippen LogP contribution < -0.4 is 5.32 Å². The third kappa shape index (κ3) is 4.14. The van der Waals surface area contributed by atoms with Crippen molar-refractivity contribution >= 4 is 28.9 Å². The lowest BCUT2D eigenvalue weighted by Crippen LogP contribution is -2.15. The molecule has 2 N–H and O–H groups in total. The lowest BCUT2D eigenvalue weighted by atomic mass is 9.98. The SMILES string of the molecule is CC(C)(C)c1nc(C(=O)Nc2cccc(CC(=O)O)c2)cs1. The van der Waals surface area contributed by atoms with Crippen LogP contribution >= 0.6 is 11.3 Å². The van der Waals surface area contributed by atoms with Crippen LogP contribution in [0.3, 0.4) is 0 Å². The van der Waals surface area contributed by atoms with Crippen molar-refractivity contribution in [2.24, 2.45) is 0 Å². The number of hydrogen-bond acceptors (Lipinski definition) is 4. The Kier molecular flexibility index (Phi) is 4.61. The highest BCUT2D eigenvalue weighted by molar-refractivity contribution is 7.10. The second-order valence-corrected chi connectivity index (χ2v) is 6.87. The molecule has 6 heteroatoms. The highest BCUT2D eigenvalue weighted by atomic mass is 32.1. The summed E-state index contributed by atoms with van der Waals surface area (Å²) >= 11 is 1.46. The van der Waals surface area contributed by atoms with Gasteiger partial charge in [-0.3, -0.25) is 9.59 Å². The Morgan fingerprint density at radius 2 is 2.05 bits per heavy atom. The smallest absolute Gasteiger partial charge is 0.307 e. The molecular formula is C16H18N2O3S. The molecule has 0 unspecified atom stereocenters. The molecule has 2 aromatic rings. The molecule has 0 aliphatic carbocycles. The second-order valence-electron chi connectivity index (χ2n) is 6.01. The first-order chi connectivity index (χ1) is 10.3. The zero-order valence-corrected chi connectivity index (χ0v) is 13.5. The van der Waals surface area contributed by atoms with Gasteiger partial charge in [0, 0.05) is 16.5 Å². The second kappa shape index (κ2) is 6.27. The minimum absolute atomic E-state index is 0.0748. The van der Waals surface area contributed by atoms with Gasteiger partial charge in [0.2, 0.25) is 0 Å². The van der Waals surface area contributed by atoms with E-state index in [4.69, 9.17) is 5.11 Å². The molecule has 5 nitrogen and oxygen atoms in total. The standard InChI is InChI=1S/C16H18N2O3S/c1-16(2,3)15-18-12(9-22-15)14(21)17-11-6-4-5-10(7-11)8-13(19)20/h4-7,9H,8H2,1-3H3,(H,17,21)(H,19,20). The van der Waals surface area contributed by atoms with E-state index in [1.165, 1.54) is 11.3 Å². The number of nitrogens with zero attached hydrogens (tertiary/aromatic N) is 1. The van der Waals surface area contributed by atoms with Crippen LogP contribution in [0, 0.1) is 0 Å². The molecule has 22 heavy (non-hydrogen) atoms. The monoisotopic (exact) mass is 318 g/mol. The summed E-state index contributed by atoms with van der Waals surface area (Å²) in [6.07, 6.45) is -0.0748. The van der Waals surface area contributed by atoms with Crippen molar-refractivity contribution in [3.63, 3.8) is 0 Å². The summed E-state index contributed by atoms with van der Waals surface area (Å²) in [5.41, 5.74) is 1.48. The van der Waals surface area contributed by atoms with E-state index in [0.717, 1.165) is 5.01 Å². The summed E-state index contributed by atoms with van der Waals surface area (Å²) in [6, 6.07) is 6.81.